The van der Waals surface area contributed by atoms with Gasteiger partial charge in [0.25, 0.3) is 0 Å². The zero-order valence-electron chi connectivity index (χ0n) is 12.4. The monoisotopic (exact) mass is 276 g/mol. The number of methoxy groups -OCH3 is 1. The standard InChI is InChI=1S/C17H24O3/c1-13-7-8-15(20-2)14(11-13)12-16(18)17(19)9-5-3-4-6-10-17/h7-8,11,19H,3-6,9-10,12H2,1-2H3. The van der Waals surface area contributed by atoms with Crippen LogP contribution in [0.15, 0.2) is 18.2 Å². The summed E-state index contributed by atoms with van der Waals surface area (Å²) in [4.78, 5) is 12.5. The molecule has 110 valence electrons. The van der Waals surface area contributed by atoms with E-state index in [1.54, 1.807) is 7.11 Å². The van der Waals surface area contributed by atoms with Gasteiger partial charge in [0.05, 0.1) is 7.11 Å². The van der Waals surface area contributed by atoms with Crippen LogP contribution >= 0.6 is 0 Å². The number of ketones is 1. The fraction of sp³-hybridized carbons (Fsp3) is 0.588. The summed E-state index contributed by atoms with van der Waals surface area (Å²) in [7, 11) is 1.61. The first kappa shape index (κ1) is 15.0. The maximum Gasteiger partial charge on any atom is 0.168 e. The normalized spacial score (nSPS) is 18.4. The number of Topliss-reactive ketones (excluding diaryl/α,β-unsaturated/α-hetero) is 1. The Bertz CT molecular complexity index is 471. The van der Waals surface area contributed by atoms with Crippen molar-refractivity contribution in [2.45, 2.75) is 57.5 Å². The van der Waals surface area contributed by atoms with Gasteiger partial charge in [0.15, 0.2) is 5.78 Å². The Labute approximate surface area is 121 Å². The van der Waals surface area contributed by atoms with Crippen LogP contribution < -0.4 is 4.74 Å². The molecule has 0 amide bonds. The molecule has 1 aromatic carbocycles. The summed E-state index contributed by atoms with van der Waals surface area (Å²) in [5.74, 6) is 0.657. The number of hydrogen-bond acceptors (Lipinski definition) is 3. The molecule has 0 atom stereocenters. The van der Waals surface area contributed by atoms with Crippen LogP contribution in [-0.2, 0) is 11.2 Å². The molecule has 3 heteroatoms. The SMILES string of the molecule is COc1ccc(C)cc1CC(=O)C1(O)CCCCCC1. The van der Waals surface area contributed by atoms with Gasteiger partial charge in [-0.15, -0.1) is 0 Å². The van der Waals surface area contributed by atoms with Crippen molar-refractivity contribution < 1.29 is 14.6 Å². The van der Waals surface area contributed by atoms with Crippen molar-refractivity contribution in [1.82, 2.24) is 0 Å². The second-order valence-corrected chi connectivity index (χ2v) is 5.86. The van der Waals surface area contributed by atoms with Gasteiger partial charge in [-0.25, -0.2) is 0 Å². The number of carbonyl (C=O) groups excluding carboxylic acids is 1. The minimum atomic E-state index is -1.13. The number of aliphatic hydroxyl groups is 1. The quantitative estimate of drug-likeness (QED) is 0.859. The summed E-state index contributed by atoms with van der Waals surface area (Å²) < 4.78 is 5.31. The molecule has 1 aromatic rings. The lowest BCUT2D eigenvalue weighted by atomic mass is 9.86. The molecule has 0 radical (unpaired) electrons. The molecule has 20 heavy (non-hydrogen) atoms. The predicted molar refractivity (Wildman–Crippen MR) is 79.1 cm³/mol. The number of carbonyl (C=O) groups is 1. The Morgan fingerprint density at radius 1 is 1.25 bits per heavy atom. The number of rotatable bonds is 4. The summed E-state index contributed by atoms with van der Waals surface area (Å²) in [5, 5.41) is 10.6. The second kappa shape index (κ2) is 6.40. The topological polar surface area (TPSA) is 46.5 Å². The van der Waals surface area contributed by atoms with E-state index in [1.165, 1.54) is 0 Å². The van der Waals surface area contributed by atoms with Gasteiger partial charge >= 0.3 is 0 Å². The van der Waals surface area contributed by atoms with Crippen LogP contribution in [0.25, 0.3) is 0 Å². The summed E-state index contributed by atoms with van der Waals surface area (Å²) in [5.41, 5.74) is 0.835. The number of aryl methyl sites for hydroxylation is 1. The van der Waals surface area contributed by atoms with Crippen LogP contribution in [0, 0.1) is 6.92 Å². The molecule has 0 aliphatic heterocycles. The largest absolute Gasteiger partial charge is 0.496 e. The van der Waals surface area contributed by atoms with E-state index in [-0.39, 0.29) is 12.2 Å². The lowest BCUT2D eigenvalue weighted by molar-refractivity contribution is -0.138. The van der Waals surface area contributed by atoms with E-state index in [0.29, 0.717) is 12.8 Å². The van der Waals surface area contributed by atoms with Gasteiger partial charge in [-0.3, -0.25) is 4.79 Å². The highest BCUT2D eigenvalue weighted by Crippen LogP contribution is 2.30. The summed E-state index contributed by atoms with van der Waals surface area (Å²) >= 11 is 0. The number of ether oxygens (including phenoxy) is 1. The molecule has 0 saturated heterocycles. The molecule has 0 bridgehead atoms. The molecule has 0 heterocycles. The Morgan fingerprint density at radius 2 is 1.90 bits per heavy atom. The van der Waals surface area contributed by atoms with Gasteiger partial charge in [-0.1, -0.05) is 43.4 Å². The highest BCUT2D eigenvalue weighted by atomic mass is 16.5. The van der Waals surface area contributed by atoms with Crippen molar-refractivity contribution >= 4 is 5.78 Å². The van der Waals surface area contributed by atoms with Gasteiger partial charge in [0.1, 0.15) is 11.4 Å². The lowest BCUT2D eigenvalue weighted by Gasteiger charge is -2.25. The summed E-state index contributed by atoms with van der Waals surface area (Å²) in [6.07, 6.45) is 5.55. The molecule has 0 aromatic heterocycles. The van der Waals surface area contributed by atoms with Gasteiger partial charge in [-0.05, 0) is 25.8 Å². The van der Waals surface area contributed by atoms with Crippen molar-refractivity contribution in [3.63, 3.8) is 0 Å². The molecule has 2 rings (SSSR count). The first-order valence-corrected chi connectivity index (χ1v) is 7.44. The van der Waals surface area contributed by atoms with E-state index in [9.17, 15) is 9.90 Å². The van der Waals surface area contributed by atoms with E-state index in [2.05, 4.69) is 0 Å². The minimum Gasteiger partial charge on any atom is -0.496 e. The van der Waals surface area contributed by atoms with Crippen LogP contribution in [0.5, 0.6) is 5.75 Å². The van der Waals surface area contributed by atoms with Crippen LogP contribution in [0.3, 0.4) is 0 Å². The lowest BCUT2D eigenvalue weighted by Crippen LogP contribution is -2.39. The van der Waals surface area contributed by atoms with Gasteiger partial charge < -0.3 is 9.84 Å². The van der Waals surface area contributed by atoms with E-state index in [4.69, 9.17) is 4.74 Å². The van der Waals surface area contributed by atoms with Crippen molar-refractivity contribution in [3.05, 3.63) is 29.3 Å². The smallest absolute Gasteiger partial charge is 0.168 e. The number of benzene rings is 1. The summed E-state index contributed by atoms with van der Waals surface area (Å²) in [6, 6.07) is 5.82. The molecule has 1 aliphatic rings. The van der Waals surface area contributed by atoms with Crippen molar-refractivity contribution in [2.75, 3.05) is 7.11 Å². The van der Waals surface area contributed by atoms with Gasteiger partial charge in [-0.2, -0.15) is 0 Å². The first-order valence-electron chi connectivity index (χ1n) is 7.44. The Balaban J connectivity index is 2.16. The van der Waals surface area contributed by atoms with Crippen molar-refractivity contribution in [2.24, 2.45) is 0 Å². The molecule has 1 N–H and O–H groups in total. The maximum absolute atomic E-state index is 12.5. The molecular formula is C17H24O3. The fourth-order valence-electron chi connectivity index (χ4n) is 2.98. The fourth-order valence-corrected chi connectivity index (χ4v) is 2.98. The molecule has 0 spiro atoms. The van der Waals surface area contributed by atoms with Crippen LogP contribution in [0.4, 0.5) is 0 Å². The van der Waals surface area contributed by atoms with Gasteiger partial charge in [0, 0.05) is 12.0 Å². The van der Waals surface area contributed by atoms with Crippen molar-refractivity contribution in [1.29, 1.82) is 0 Å². The Morgan fingerprint density at radius 3 is 2.50 bits per heavy atom. The first-order chi connectivity index (χ1) is 9.55. The third kappa shape index (κ3) is 3.40. The molecular weight excluding hydrogens is 252 g/mol. The van der Waals surface area contributed by atoms with E-state index >= 15 is 0 Å². The van der Waals surface area contributed by atoms with Crippen LogP contribution in [-0.4, -0.2) is 23.6 Å². The van der Waals surface area contributed by atoms with E-state index < -0.39 is 5.60 Å². The molecule has 0 unspecified atom stereocenters. The minimum absolute atomic E-state index is 0.0664. The second-order valence-electron chi connectivity index (χ2n) is 5.86. The van der Waals surface area contributed by atoms with E-state index in [0.717, 1.165) is 42.6 Å². The number of hydrogen-bond donors (Lipinski definition) is 1. The Kier molecular flexibility index (Phi) is 4.81. The average molecular weight is 276 g/mol. The van der Waals surface area contributed by atoms with Crippen molar-refractivity contribution in [3.8, 4) is 5.75 Å². The molecule has 1 saturated carbocycles. The molecule has 1 aliphatic carbocycles. The summed E-state index contributed by atoms with van der Waals surface area (Å²) in [6.45, 7) is 1.99. The van der Waals surface area contributed by atoms with Crippen LogP contribution in [0.1, 0.15) is 49.7 Å². The van der Waals surface area contributed by atoms with Gasteiger partial charge in [0.2, 0.25) is 0 Å². The zero-order chi connectivity index (χ0) is 14.6. The average Bonchev–Trinajstić information content (AvgIpc) is 2.65. The van der Waals surface area contributed by atoms with E-state index in [1.807, 2.05) is 25.1 Å². The predicted octanol–water partition coefficient (Wildman–Crippen LogP) is 3.20. The molecule has 1 fully saturated rings. The zero-order valence-corrected chi connectivity index (χ0v) is 12.4. The third-order valence-electron chi connectivity index (χ3n) is 4.24. The highest BCUT2D eigenvalue weighted by molar-refractivity contribution is 5.89. The molecule has 3 nitrogen and oxygen atoms in total. The van der Waals surface area contributed by atoms with Crippen LogP contribution in [0.2, 0.25) is 0 Å². The third-order valence-corrected chi connectivity index (χ3v) is 4.24. The highest BCUT2D eigenvalue weighted by Gasteiger charge is 2.35. The Hall–Kier alpha value is -1.35. The maximum atomic E-state index is 12.5.